The van der Waals surface area contributed by atoms with Crippen LogP contribution >= 0.6 is 0 Å². The minimum absolute atomic E-state index is 0.203. The monoisotopic (exact) mass is 356 g/mol. The molecule has 1 amide bonds. The van der Waals surface area contributed by atoms with Crippen LogP contribution in [0.1, 0.15) is 56.6 Å². The van der Waals surface area contributed by atoms with E-state index in [4.69, 9.17) is 4.74 Å². The van der Waals surface area contributed by atoms with Crippen LogP contribution in [0.15, 0.2) is 24.3 Å². The predicted molar refractivity (Wildman–Crippen MR) is 103 cm³/mol. The Balaban J connectivity index is 1.47. The van der Waals surface area contributed by atoms with Gasteiger partial charge in [-0.15, -0.1) is 0 Å². The molecule has 2 aliphatic carbocycles. The van der Waals surface area contributed by atoms with Crippen LogP contribution in [-0.2, 0) is 4.79 Å². The van der Waals surface area contributed by atoms with E-state index in [-0.39, 0.29) is 17.9 Å². The largest absolute Gasteiger partial charge is 0.496 e. The number of carbonyl (C=O) groups is 1. The summed E-state index contributed by atoms with van der Waals surface area (Å²) in [7, 11) is 1.74. The quantitative estimate of drug-likeness (QED) is 0.843. The second-order valence-electron chi connectivity index (χ2n) is 8.38. The van der Waals surface area contributed by atoms with Crippen LogP contribution in [0.4, 0.5) is 0 Å². The molecule has 3 fully saturated rings. The third-order valence-corrected chi connectivity index (χ3v) is 6.87. The number of methoxy groups -OCH3 is 1. The zero-order valence-corrected chi connectivity index (χ0v) is 16.0. The lowest BCUT2D eigenvalue weighted by molar-refractivity contribution is -0.126. The molecule has 2 bridgehead atoms. The van der Waals surface area contributed by atoms with Crippen LogP contribution < -0.4 is 10.1 Å². The second-order valence-corrected chi connectivity index (χ2v) is 8.38. The zero-order valence-electron chi connectivity index (χ0n) is 16.0. The van der Waals surface area contributed by atoms with Gasteiger partial charge in [-0.05, 0) is 63.1 Å². The van der Waals surface area contributed by atoms with E-state index in [1.807, 2.05) is 12.1 Å². The average molecular weight is 357 g/mol. The van der Waals surface area contributed by atoms with Gasteiger partial charge in [-0.1, -0.05) is 31.0 Å². The molecule has 1 aromatic rings. The molecule has 1 heterocycles. The Hall–Kier alpha value is -1.55. The fourth-order valence-corrected chi connectivity index (χ4v) is 5.50. The molecular weight excluding hydrogens is 324 g/mol. The molecule has 4 heteroatoms. The van der Waals surface area contributed by atoms with Crippen LogP contribution in [0.3, 0.4) is 0 Å². The van der Waals surface area contributed by atoms with Crippen molar-refractivity contribution in [2.75, 3.05) is 26.7 Å². The number of amides is 1. The highest BCUT2D eigenvalue weighted by atomic mass is 16.5. The highest BCUT2D eigenvalue weighted by Crippen LogP contribution is 2.48. The van der Waals surface area contributed by atoms with E-state index in [0.717, 1.165) is 31.2 Å². The molecule has 4 nitrogen and oxygen atoms in total. The summed E-state index contributed by atoms with van der Waals surface area (Å²) in [6.07, 6.45) is 8.78. The summed E-state index contributed by atoms with van der Waals surface area (Å²) in [6.45, 7) is 2.90. The number of hydrogen-bond acceptors (Lipinski definition) is 3. The minimum atomic E-state index is 0.203. The SMILES string of the molecule is COc1ccccc1[C@H](CNC(=O)[C@H]1C[C@H]2CC[C@H]1C2)N1CCCCC1. The smallest absolute Gasteiger partial charge is 0.223 e. The van der Waals surface area contributed by atoms with E-state index in [0.29, 0.717) is 12.5 Å². The molecule has 1 N–H and O–H groups in total. The van der Waals surface area contributed by atoms with Crippen molar-refractivity contribution in [2.45, 2.75) is 51.0 Å². The average Bonchev–Trinajstić information content (AvgIpc) is 3.33. The third kappa shape index (κ3) is 3.62. The van der Waals surface area contributed by atoms with Crippen molar-refractivity contribution < 1.29 is 9.53 Å². The van der Waals surface area contributed by atoms with Crippen molar-refractivity contribution in [2.24, 2.45) is 17.8 Å². The van der Waals surface area contributed by atoms with E-state index in [9.17, 15) is 4.79 Å². The molecule has 3 aliphatic rings. The first-order valence-corrected chi connectivity index (χ1v) is 10.4. The Kier molecular flexibility index (Phi) is 5.49. The Morgan fingerprint density at radius 3 is 2.69 bits per heavy atom. The molecular formula is C22H32N2O2. The molecule has 0 unspecified atom stereocenters. The maximum Gasteiger partial charge on any atom is 0.223 e. The minimum Gasteiger partial charge on any atom is -0.496 e. The Morgan fingerprint density at radius 1 is 1.19 bits per heavy atom. The van der Waals surface area contributed by atoms with Gasteiger partial charge in [0.1, 0.15) is 5.75 Å². The Morgan fingerprint density at radius 2 is 2.00 bits per heavy atom. The number of likely N-dealkylation sites (tertiary alicyclic amines) is 1. The summed E-state index contributed by atoms with van der Waals surface area (Å²) in [5.41, 5.74) is 1.20. The van der Waals surface area contributed by atoms with Gasteiger partial charge < -0.3 is 10.1 Å². The lowest BCUT2D eigenvalue weighted by Crippen LogP contribution is -2.43. The van der Waals surface area contributed by atoms with E-state index < -0.39 is 0 Å². The fraction of sp³-hybridized carbons (Fsp3) is 0.682. The molecule has 2 saturated carbocycles. The van der Waals surface area contributed by atoms with Gasteiger partial charge in [-0.3, -0.25) is 9.69 Å². The van der Waals surface area contributed by atoms with Gasteiger partial charge in [0.2, 0.25) is 5.91 Å². The van der Waals surface area contributed by atoms with E-state index in [1.165, 1.54) is 44.1 Å². The molecule has 0 radical (unpaired) electrons. The summed E-state index contributed by atoms with van der Waals surface area (Å²) in [5.74, 6) is 2.92. The summed E-state index contributed by atoms with van der Waals surface area (Å²) in [6, 6.07) is 8.48. The van der Waals surface area contributed by atoms with Crippen LogP contribution in [0.5, 0.6) is 5.75 Å². The zero-order chi connectivity index (χ0) is 17.9. The standard InChI is InChI=1S/C22H32N2O2/c1-26-21-8-4-3-7-18(21)20(24-11-5-2-6-12-24)15-23-22(25)19-14-16-9-10-17(19)13-16/h3-4,7-8,16-17,19-20H,2,5-6,9-15H2,1H3,(H,23,25)/t16-,17-,19-,20-/m0/s1. The first-order chi connectivity index (χ1) is 12.8. The maximum absolute atomic E-state index is 12.8. The predicted octanol–water partition coefficient (Wildman–Crippen LogP) is 3.77. The van der Waals surface area contributed by atoms with Gasteiger partial charge >= 0.3 is 0 Å². The third-order valence-electron chi connectivity index (χ3n) is 6.87. The van der Waals surface area contributed by atoms with Crippen molar-refractivity contribution in [3.8, 4) is 5.75 Å². The lowest BCUT2D eigenvalue weighted by Gasteiger charge is -2.36. The summed E-state index contributed by atoms with van der Waals surface area (Å²) in [5, 5.41) is 3.32. The summed E-state index contributed by atoms with van der Waals surface area (Å²) < 4.78 is 5.62. The molecule has 26 heavy (non-hydrogen) atoms. The number of piperidine rings is 1. The number of nitrogens with zero attached hydrogens (tertiary/aromatic N) is 1. The van der Waals surface area contributed by atoms with Gasteiger partial charge in [-0.2, -0.15) is 0 Å². The topological polar surface area (TPSA) is 41.6 Å². The van der Waals surface area contributed by atoms with Gasteiger partial charge in [-0.25, -0.2) is 0 Å². The number of para-hydroxylation sites is 1. The summed E-state index contributed by atoms with van der Waals surface area (Å²) >= 11 is 0. The van der Waals surface area contributed by atoms with Crippen LogP contribution in [0.2, 0.25) is 0 Å². The number of benzene rings is 1. The molecule has 0 spiro atoms. The molecule has 4 atom stereocenters. The molecule has 1 saturated heterocycles. The van der Waals surface area contributed by atoms with E-state index in [1.54, 1.807) is 7.11 Å². The van der Waals surface area contributed by atoms with Gasteiger partial charge in [0.05, 0.1) is 13.2 Å². The molecule has 4 rings (SSSR count). The van der Waals surface area contributed by atoms with Crippen LogP contribution in [0, 0.1) is 17.8 Å². The van der Waals surface area contributed by atoms with Crippen molar-refractivity contribution in [1.29, 1.82) is 0 Å². The van der Waals surface area contributed by atoms with Gasteiger partial charge in [0.15, 0.2) is 0 Å². The fourth-order valence-electron chi connectivity index (χ4n) is 5.50. The van der Waals surface area contributed by atoms with Crippen LogP contribution in [-0.4, -0.2) is 37.6 Å². The Bertz CT molecular complexity index is 626. The van der Waals surface area contributed by atoms with Crippen molar-refractivity contribution in [1.82, 2.24) is 10.2 Å². The van der Waals surface area contributed by atoms with Crippen molar-refractivity contribution in [3.63, 3.8) is 0 Å². The highest BCUT2D eigenvalue weighted by molar-refractivity contribution is 5.79. The van der Waals surface area contributed by atoms with E-state index in [2.05, 4.69) is 22.3 Å². The van der Waals surface area contributed by atoms with Crippen molar-refractivity contribution in [3.05, 3.63) is 29.8 Å². The van der Waals surface area contributed by atoms with Crippen molar-refractivity contribution >= 4 is 5.91 Å². The number of nitrogens with one attached hydrogen (secondary N) is 1. The maximum atomic E-state index is 12.8. The summed E-state index contributed by atoms with van der Waals surface area (Å²) in [4.78, 5) is 15.4. The number of hydrogen-bond donors (Lipinski definition) is 1. The number of rotatable bonds is 6. The molecule has 142 valence electrons. The first kappa shape index (κ1) is 17.8. The number of fused-ring (bicyclic) bond motifs is 2. The Labute approximate surface area is 157 Å². The lowest BCUT2D eigenvalue weighted by atomic mass is 9.88. The van der Waals surface area contributed by atoms with E-state index >= 15 is 0 Å². The molecule has 1 aromatic carbocycles. The normalized spacial score (nSPS) is 29.5. The highest BCUT2D eigenvalue weighted by Gasteiger charge is 2.43. The second kappa shape index (κ2) is 7.99. The number of ether oxygens (including phenoxy) is 1. The molecule has 0 aromatic heterocycles. The van der Waals surface area contributed by atoms with Gasteiger partial charge in [0, 0.05) is 18.0 Å². The molecule has 1 aliphatic heterocycles. The van der Waals surface area contributed by atoms with Gasteiger partial charge in [0.25, 0.3) is 0 Å². The van der Waals surface area contributed by atoms with Crippen LogP contribution in [0.25, 0.3) is 0 Å². The first-order valence-electron chi connectivity index (χ1n) is 10.4. The number of carbonyl (C=O) groups excluding carboxylic acids is 1.